The predicted molar refractivity (Wildman–Crippen MR) is 84.5 cm³/mol. The second-order valence-corrected chi connectivity index (χ2v) is 5.87. The molecular formula is C13H7BrClN3OS. The summed E-state index contributed by atoms with van der Waals surface area (Å²) in [7, 11) is 0. The third kappa shape index (κ3) is 2.67. The van der Waals surface area contributed by atoms with E-state index in [0.717, 1.165) is 27.2 Å². The van der Waals surface area contributed by atoms with Gasteiger partial charge in [-0.1, -0.05) is 11.6 Å². The van der Waals surface area contributed by atoms with E-state index in [1.54, 1.807) is 36.4 Å². The number of anilines is 1. The topological polar surface area (TPSA) is 54.9 Å². The molecule has 0 spiro atoms. The molecule has 0 aliphatic rings. The van der Waals surface area contributed by atoms with Crippen molar-refractivity contribution in [2.24, 2.45) is 0 Å². The Hall–Kier alpha value is -1.50. The maximum atomic E-state index is 12.2. The molecule has 2 aromatic carbocycles. The summed E-state index contributed by atoms with van der Waals surface area (Å²) in [6.07, 6.45) is 0. The predicted octanol–water partition coefficient (Wildman–Crippen LogP) is 4.36. The van der Waals surface area contributed by atoms with E-state index in [1.165, 1.54) is 0 Å². The summed E-state index contributed by atoms with van der Waals surface area (Å²) in [4.78, 5) is 12.2. The first-order valence-electron chi connectivity index (χ1n) is 5.62. The van der Waals surface area contributed by atoms with Crippen molar-refractivity contribution in [2.75, 3.05) is 5.32 Å². The minimum atomic E-state index is -0.206. The maximum Gasteiger partial charge on any atom is 0.255 e. The van der Waals surface area contributed by atoms with Crippen molar-refractivity contribution in [3.05, 3.63) is 51.5 Å². The summed E-state index contributed by atoms with van der Waals surface area (Å²) in [5, 5.41) is 3.42. The monoisotopic (exact) mass is 367 g/mol. The van der Waals surface area contributed by atoms with Gasteiger partial charge < -0.3 is 5.32 Å². The fraction of sp³-hybridized carbons (Fsp3) is 0. The minimum absolute atomic E-state index is 0.206. The SMILES string of the molecule is O=C(Nc1ccc(Cl)cc1Br)c1ccc2nsnc2c1. The van der Waals surface area contributed by atoms with Gasteiger partial charge in [0.1, 0.15) is 11.0 Å². The first-order valence-corrected chi connectivity index (χ1v) is 7.52. The third-order valence-corrected chi connectivity index (χ3v) is 4.14. The Labute approximate surface area is 132 Å². The van der Waals surface area contributed by atoms with Gasteiger partial charge in [-0.3, -0.25) is 4.79 Å². The van der Waals surface area contributed by atoms with Gasteiger partial charge in [-0.05, 0) is 52.3 Å². The van der Waals surface area contributed by atoms with E-state index < -0.39 is 0 Å². The second-order valence-electron chi connectivity index (χ2n) is 4.05. The second kappa shape index (κ2) is 5.47. The van der Waals surface area contributed by atoms with Crippen molar-refractivity contribution in [3.63, 3.8) is 0 Å². The van der Waals surface area contributed by atoms with Gasteiger partial charge in [0.05, 0.1) is 17.4 Å². The van der Waals surface area contributed by atoms with E-state index in [0.29, 0.717) is 16.3 Å². The number of hydrogen-bond acceptors (Lipinski definition) is 4. The van der Waals surface area contributed by atoms with Gasteiger partial charge in [0.2, 0.25) is 0 Å². The van der Waals surface area contributed by atoms with E-state index in [1.807, 2.05) is 0 Å². The highest BCUT2D eigenvalue weighted by Gasteiger charge is 2.10. The third-order valence-electron chi connectivity index (χ3n) is 2.70. The molecule has 0 aliphatic carbocycles. The molecule has 7 heteroatoms. The van der Waals surface area contributed by atoms with Gasteiger partial charge in [0, 0.05) is 15.1 Å². The van der Waals surface area contributed by atoms with E-state index >= 15 is 0 Å². The highest BCUT2D eigenvalue weighted by atomic mass is 79.9. The molecule has 0 saturated heterocycles. The van der Waals surface area contributed by atoms with Gasteiger partial charge in [0.15, 0.2) is 0 Å². The van der Waals surface area contributed by atoms with E-state index in [4.69, 9.17) is 11.6 Å². The first kappa shape index (κ1) is 13.5. The van der Waals surface area contributed by atoms with Crippen LogP contribution in [0.5, 0.6) is 0 Å². The van der Waals surface area contributed by atoms with Crippen molar-refractivity contribution in [1.29, 1.82) is 0 Å². The Morgan fingerprint density at radius 1 is 1.15 bits per heavy atom. The van der Waals surface area contributed by atoms with Crippen LogP contribution < -0.4 is 5.32 Å². The number of rotatable bonds is 2. The van der Waals surface area contributed by atoms with E-state index in [2.05, 4.69) is 30.0 Å². The highest BCUT2D eigenvalue weighted by molar-refractivity contribution is 9.10. The van der Waals surface area contributed by atoms with Crippen LogP contribution in [0.1, 0.15) is 10.4 Å². The average molecular weight is 369 g/mol. The molecule has 0 radical (unpaired) electrons. The largest absolute Gasteiger partial charge is 0.321 e. The summed E-state index contributed by atoms with van der Waals surface area (Å²) in [5.41, 5.74) is 2.71. The zero-order valence-corrected chi connectivity index (χ0v) is 13.1. The number of aromatic nitrogens is 2. The molecule has 1 heterocycles. The molecule has 0 saturated carbocycles. The van der Waals surface area contributed by atoms with Crippen LogP contribution in [0.2, 0.25) is 5.02 Å². The lowest BCUT2D eigenvalue weighted by Crippen LogP contribution is -2.12. The van der Waals surface area contributed by atoms with Crippen LogP contribution >= 0.6 is 39.3 Å². The molecule has 1 amide bonds. The smallest absolute Gasteiger partial charge is 0.255 e. The lowest BCUT2D eigenvalue weighted by Gasteiger charge is -2.07. The van der Waals surface area contributed by atoms with Crippen LogP contribution in [-0.4, -0.2) is 14.7 Å². The maximum absolute atomic E-state index is 12.2. The minimum Gasteiger partial charge on any atom is -0.321 e. The quantitative estimate of drug-likeness (QED) is 0.731. The van der Waals surface area contributed by atoms with Crippen molar-refractivity contribution in [2.45, 2.75) is 0 Å². The number of halogens is 2. The Morgan fingerprint density at radius 3 is 2.75 bits per heavy atom. The number of hydrogen-bond donors (Lipinski definition) is 1. The molecule has 20 heavy (non-hydrogen) atoms. The number of carbonyl (C=O) groups excluding carboxylic acids is 1. The molecule has 0 unspecified atom stereocenters. The van der Waals surface area contributed by atoms with Crippen molar-refractivity contribution in [3.8, 4) is 0 Å². The molecule has 4 nitrogen and oxygen atoms in total. The Bertz CT molecular complexity index is 805. The number of nitrogens with one attached hydrogen (secondary N) is 1. The van der Waals surface area contributed by atoms with Gasteiger partial charge in [0.25, 0.3) is 5.91 Å². The molecule has 1 aromatic heterocycles. The van der Waals surface area contributed by atoms with E-state index in [-0.39, 0.29) is 5.91 Å². The molecular weight excluding hydrogens is 362 g/mol. The number of amides is 1. The standard InChI is InChI=1S/C13H7BrClN3OS/c14-9-6-8(15)2-4-10(9)16-13(19)7-1-3-11-12(5-7)18-20-17-11/h1-6H,(H,16,19). The normalized spacial score (nSPS) is 10.7. The van der Waals surface area contributed by atoms with E-state index in [9.17, 15) is 4.79 Å². The van der Waals surface area contributed by atoms with Crippen LogP contribution in [0.25, 0.3) is 11.0 Å². The highest BCUT2D eigenvalue weighted by Crippen LogP contribution is 2.26. The van der Waals surface area contributed by atoms with Crippen LogP contribution in [0.15, 0.2) is 40.9 Å². The average Bonchev–Trinajstić information content (AvgIpc) is 2.89. The number of nitrogens with zero attached hydrogens (tertiary/aromatic N) is 2. The van der Waals surface area contributed by atoms with Crippen LogP contribution in [0.3, 0.4) is 0 Å². The van der Waals surface area contributed by atoms with Gasteiger partial charge in [-0.2, -0.15) is 8.75 Å². The molecule has 1 N–H and O–H groups in total. The summed E-state index contributed by atoms with van der Waals surface area (Å²) in [5.74, 6) is -0.206. The first-order chi connectivity index (χ1) is 9.63. The zero-order chi connectivity index (χ0) is 14.1. The lowest BCUT2D eigenvalue weighted by molar-refractivity contribution is 0.102. The van der Waals surface area contributed by atoms with Crippen molar-refractivity contribution < 1.29 is 4.79 Å². The molecule has 3 rings (SSSR count). The molecule has 100 valence electrons. The summed E-state index contributed by atoms with van der Waals surface area (Å²) in [6, 6.07) is 10.4. The lowest BCUT2D eigenvalue weighted by atomic mass is 10.2. The fourth-order valence-electron chi connectivity index (χ4n) is 1.71. The van der Waals surface area contributed by atoms with Crippen LogP contribution in [0.4, 0.5) is 5.69 Å². The van der Waals surface area contributed by atoms with Gasteiger partial charge in [-0.15, -0.1) is 0 Å². The molecule has 3 aromatic rings. The number of fused-ring (bicyclic) bond motifs is 1. The van der Waals surface area contributed by atoms with Gasteiger partial charge in [-0.25, -0.2) is 0 Å². The molecule has 0 bridgehead atoms. The summed E-state index contributed by atoms with van der Waals surface area (Å²) >= 11 is 10.4. The summed E-state index contributed by atoms with van der Waals surface area (Å²) in [6.45, 7) is 0. The van der Waals surface area contributed by atoms with Crippen molar-refractivity contribution in [1.82, 2.24) is 8.75 Å². The number of benzene rings is 2. The zero-order valence-electron chi connectivity index (χ0n) is 9.93. The van der Waals surface area contributed by atoms with Crippen LogP contribution in [-0.2, 0) is 0 Å². The number of carbonyl (C=O) groups is 1. The Kier molecular flexibility index (Phi) is 3.69. The molecule has 0 fully saturated rings. The molecule has 0 aliphatic heterocycles. The Balaban J connectivity index is 1.88. The van der Waals surface area contributed by atoms with Crippen LogP contribution in [0, 0.1) is 0 Å². The molecule has 0 atom stereocenters. The Morgan fingerprint density at radius 2 is 1.95 bits per heavy atom. The van der Waals surface area contributed by atoms with Crippen molar-refractivity contribution >= 4 is 61.9 Å². The van der Waals surface area contributed by atoms with Gasteiger partial charge >= 0.3 is 0 Å². The summed E-state index contributed by atoms with van der Waals surface area (Å²) < 4.78 is 8.96. The fourth-order valence-corrected chi connectivity index (χ4v) is 3.01.